The molecule has 2 aliphatic heterocycles. The van der Waals surface area contributed by atoms with E-state index in [2.05, 4.69) is 4.99 Å². The maximum atomic E-state index is 12.6. The predicted molar refractivity (Wildman–Crippen MR) is 115 cm³/mol. The first-order chi connectivity index (χ1) is 13.8. The lowest BCUT2D eigenvalue weighted by atomic mass is 10.1. The highest BCUT2D eigenvalue weighted by atomic mass is 32.2. The first-order valence-electron chi connectivity index (χ1n) is 9.25. The van der Waals surface area contributed by atoms with Gasteiger partial charge in [-0.15, -0.1) is 0 Å². The van der Waals surface area contributed by atoms with Gasteiger partial charge >= 0.3 is 0 Å². The molecule has 1 amide bonds. The van der Waals surface area contributed by atoms with Gasteiger partial charge < -0.3 is 4.90 Å². The molecule has 0 unspecified atom stereocenters. The number of benzene rings is 2. The second kappa shape index (κ2) is 7.76. The van der Waals surface area contributed by atoms with Crippen molar-refractivity contribution in [3.05, 3.63) is 65.7 Å². The number of amidine groups is 1. The summed E-state index contributed by atoms with van der Waals surface area (Å²) in [5.41, 5.74) is 2.09. The topological polar surface area (TPSA) is 83.9 Å². The Morgan fingerprint density at radius 2 is 1.86 bits per heavy atom. The molecule has 2 aromatic rings. The highest BCUT2D eigenvalue weighted by Gasteiger charge is 2.49. The Labute approximate surface area is 173 Å². The van der Waals surface area contributed by atoms with Crippen molar-refractivity contribution in [3.8, 4) is 0 Å². The third kappa shape index (κ3) is 4.28. The number of Topliss-reactive ketones (excluding diaryl/α,β-unsaturated/α-hetero) is 1. The van der Waals surface area contributed by atoms with Crippen molar-refractivity contribution in [1.29, 1.82) is 0 Å². The highest BCUT2D eigenvalue weighted by Crippen LogP contribution is 2.41. The van der Waals surface area contributed by atoms with E-state index in [1.54, 1.807) is 18.2 Å². The van der Waals surface area contributed by atoms with Crippen molar-refractivity contribution < 1.29 is 18.0 Å². The fraction of sp³-hybridized carbons (Fsp3) is 0.286. The van der Waals surface area contributed by atoms with Crippen molar-refractivity contribution in [3.63, 3.8) is 0 Å². The second-order valence-electron chi connectivity index (χ2n) is 7.23. The van der Waals surface area contributed by atoms with E-state index < -0.39 is 9.84 Å². The Bertz CT molecular complexity index is 1100. The second-order valence-corrected chi connectivity index (χ2v) is 10.6. The summed E-state index contributed by atoms with van der Waals surface area (Å²) in [6.07, 6.45) is 0.180. The lowest BCUT2D eigenvalue weighted by Gasteiger charge is -2.24. The number of anilines is 1. The predicted octanol–water partition coefficient (Wildman–Crippen LogP) is 2.73. The number of thioether (sulfide) groups is 1. The van der Waals surface area contributed by atoms with Gasteiger partial charge in [0.25, 0.3) is 5.91 Å². The van der Waals surface area contributed by atoms with Crippen LogP contribution in [0.25, 0.3) is 0 Å². The van der Waals surface area contributed by atoms with Crippen LogP contribution in [-0.4, -0.2) is 48.1 Å². The maximum Gasteiger partial charge on any atom is 0.252 e. The Kier molecular flexibility index (Phi) is 5.31. The Hall–Kier alpha value is -2.45. The number of ketones is 1. The minimum Gasteiger partial charge on any atom is -0.316 e. The van der Waals surface area contributed by atoms with E-state index in [4.69, 9.17) is 0 Å². The van der Waals surface area contributed by atoms with Crippen molar-refractivity contribution in [2.75, 3.05) is 16.4 Å². The van der Waals surface area contributed by atoms with Crippen LogP contribution in [-0.2, 0) is 21.1 Å². The molecular weight excluding hydrogens is 408 g/mol. The molecule has 2 saturated heterocycles. The number of fused-ring (bicyclic) bond motifs is 1. The number of carbonyl (C=O) groups excluding carboxylic acids is 2. The summed E-state index contributed by atoms with van der Waals surface area (Å²) >= 11 is 1.33. The molecule has 0 aromatic heterocycles. The molecule has 150 valence electrons. The summed E-state index contributed by atoms with van der Waals surface area (Å²) < 4.78 is 24.3. The molecule has 8 heteroatoms. The number of nitrogens with zero attached hydrogens (tertiary/aromatic N) is 2. The van der Waals surface area contributed by atoms with Gasteiger partial charge in [-0.25, -0.2) is 8.42 Å². The summed E-state index contributed by atoms with van der Waals surface area (Å²) in [6, 6.07) is 16.1. The number of amides is 1. The van der Waals surface area contributed by atoms with Gasteiger partial charge in [-0.3, -0.25) is 9.59 Å². The smallest absolute Gasteiger partial charge is 0.252 e. The normalized spacial score (nSPS) is 23.9. The minimum absolute atomic E-state index is 0.0147. The van der Waals surface area contributed by atoms with E-state index in [1.807, 2.05) is 41.3 Å². The molecule has 2 aliphatic rings. The van der Waals surface area contributed by atoms with Crippen molar-refractivity contribution >= 4 is 44.1 Å². The summed E-state index contributed by atoms with van der Waals surface area (Å²) in [5.74, 6) is -0.278. The largest absolute Gasteiger partial charge is 0.316 e. The number of hydrogen-bond acceptors (Lipinski definition) is 5. The zero-order valence-electron chi connectivity index (χ0n) is 15.8. The van der Waals surface area contributed by atoms with Gasteiger partial charge in [-0.1, -0.05) is 54.2 Å². The van der Waals surface area contributed by atoms with Gasteiger partial charge in [-0.05, 0) is 24.6 Å². The SMILES string of the molecule is CC(=O)c1cccc(N2C(=NC(=O)Cc3ccccc3)S[C@@H]3CS(=O)(=O)C[C@H]32)c1. The Morgan fingerprint density at radius 3 is 2.59 bits per heavy atom. The molecule has 4 rings (SSSR count). The summed E-state index contributed by atoms with van der Waals surface area (Å²) in [5, 5.41) is 0.320. The zero-order chi connectivity index (χ0) is 20.6. The highest BCUT2D eigenvalue weighted by molar-refractivity contribution is 8.16. The quantitative estimate of drug-likeness (QED) is 0.697. The van der Waals surface area contributed by atoms with Gasteiger partial charge in [0.1, 0.15) is 0 Å². The van der Waals surface area contributed by atoms with Crippen LogP contribution in [0.5, 0.6) is 0 Å². The van der Waals surface area contributed by atoms with Gasteiger partial charge in [0.15, 0.2) is 20.8 Å². The van der Waals surface area contributed by atoms with E-state index in [9.17, 15) is 18.0 Å². The molecule has 2 fully saturated rings. The van der Waals surface area contributed by atoms with Crippen LogP contribution in [0, 0.1) is 0 Å². The third-order valence-corrected chi connectivity index (χ3v) is 8.23. The first-order valence-corrected chi connectivity index (χ1v) is 12.0. The lowest BCUT2D eigenvalue weighted by molar-refractivity contribution is -0.117. The Morgan fingerprint density at radius 1 is 1.10 bits per heavy atom. The van der Waals surface area contributed by atoms with E-state index in [0.717, 1.165) is 5.56 Å². The molecule has 29 heavy (non-hydrogen) atoms. The number of rotatable bonds is 4. The Balaban J connectivity index is 1.68. The van der Waals surface area contributed by atoms with Crippen molar-refractivity contribution in [2.45, 2.75) is 24.6 Å². The average molecular weight is 429 g/mol. The van der Waals surface area contributed by atoms with Gasteiger partial charge in [0.05, 0.1) is 24.0 Å². The first kappa shape index (κ1) is 19.8. The van der Waals surface area contributed by atoms with Crippen LogP contribution in [0.3, 0.4) is 0 Å². The molecular formula is C21H20N2O4S2. The molecule has 0 saturated carbocycles. The van der Waals surface area contributed by atoms with Crippen LogP contribution in [0.1, 0.15) is 22.8 Å². The molecule has 0 N–H and O–H groups in total. The molecule has 0 radical (unpaired) electrons. The van der Waals surface area contributed by atoms with Crippen LogP contribution in [0.15, 0.2) is 59.6 Å². The molecule has 6 nitrogen and oxygen atoms in total. The molecule has 2 atom stereocenters. The van der Waals surface area contributed by atoms with Gasteiger partial charge in [0, 0.05) is 16.5 Å². The summed E-state index contributed by atoms with van der Waals surface area (Å²) in [4.78, 5) is 30.5. The van der Waals surface area contributed by atoms with Gasteiger partial charge in [-0.2, -0.15) is 4.99 Å². The number of carbonyl (C=O) groups is 2. The van der Waals surface area contributed by atoms with Crippen molar-refractivity contribution in [2.24, 2.45) is 4.99 Å². The summed E-state index contributed by atoms with van der Waals surface area (Å²) in [7, 11) is -3.14. The maximum absolute atomic E-state index is 12.6. The number of aliphatic imine (C=N–C) groups is 1. The van der Waals surface area contributed by atoms with Crippen molar-refractivity contribution in [1.82, 2.24) is 0 Å². The van der Waals surface area contributed by atoms with E-state index >= 15 is 0 Å². The van der Waals surface area contributed by atoms with Crippen LogP contribution >= 0.6 is 11.8 Å². The standard InChI is InChI=1S/C21H20N2O4S2/c1-14(24)16-8-5-9-17(11-16)23-18-12-29(26,27)13-19(18)28-21(23)22-20(25)10-15-6-3-2-4-7-15/h2-9,11,18-19H,10,12-13H2,1H3/t18-,19-/m1/s1. The third-order valence-electron chi connectivity index (χ3n) is 5.02. The summed E-state index contributed by atoms with van der Waals surface area (Å²) in [6.45, 7) is 1.49. The molecule has 2 aromatic carbocycles. The van der Waals surface area contributed by atoms with Gasteiger partial charge in [0.2, 0.25) is 0 Å². The number of hydrogen-bond donors (Lipinski definition) is 0. The molecule has 2 heterocycles. The fourth-order valence-corrected chi connectivity index (χ4v) is 7.59. The monoisotopic (exact) mass is 428 g/mol. The van der Waals surface area contributed by atoms with Crippen LogP contribution in [0.2, 0.25) is 0 Å². The van der Waals surface area contributed by atoms with E-state index in [1.165, 1.54) is 18.7 Å². The van der Waals surface area contributed by atoms with E-state index in [0.29, 0.717) is 16.4 Å². The number of sulfone groups is 1. The lowest BCUT2D eigenvalue weighted by Crippen LogP contribution is -2.37. The molecule has 0 bridgehead atoms. The zero-order valence-corrected chi connectivity index (χ0v) is 17.4. The van der Waals surface area contributed by atoms with Crippen LogP contribution in [0.4, 0.5) is 5.69 Å². The fourth-order valence-electron chi connectivity index (χ4n) is 3.66. The molecule has 0 spiro atoms. The van der Waals surface area contributed by atoms with E-state index in [-0.39, 0.29) is 40.9 Å². The van der Waals surface area contributed by atoms with Crippen LogP contribution < -0.4 is 4.90 Å². The minimum atomic E-state index is -3.14. The molecule has 0 aliphatic carbocycles. The average Bonchev–Trinajstić information content (AvgIpc) is 3.13.